The zero-order chi connectivity index (χ0) is 42.6. The van der Waals surface area contributed by atoms with Gasteiger partial charge in [0.05, 0.1) is 11.4 Å². The fourth-order valence-corrected chi connectivity index (χ4v) is 12.0. The van der Waals surface area contributed by atoms with Gasteiger partial charge in [-0.15, -0.1) is 11.3 Å². The molecule has 1 fully saturated rings. The lowest BCUT2D eigenvalue weighted by molar-refractivity contribution is 0.214. The molecule has 0 saturated heterocycles. The Hall–Kier alpha value is -5.06. The van der Waals surface area contributed by atoms with Crippen molar-refractivity contribution in [1.29, 1.82) is 0 Å². The topological polar surface area (TPSA) is 15.3 Å². The molecule has 4 heteroatoms. The molecule has 2 unspecified atom stereocenters. The second-order valence-corrected chi connectivity index (χ2v) is 22.4. The summed E-state index contributed by atoms with van der Waals surface area (Å²) < 4.78 is 2.78. The average molecular weight is 817 g/mol. The second kappa shape index (κ2) is 14.2. The molecule has 0 spiro atoms. The Morgan fingerprint density at radius 2 is 1.31 bits per heavy atom. The van der Waals surface area contributed by atoms with Gasteiger partial charge in [-0.25, -0.2) is 0 Å². The Morgan fingerprint density at radius 1 is 0.639 bits per heavy atom. The number of benzene rings is 6. The lowest BCUT2D eigenvalue weighted by atomic mass is 9.60. The first-order valence-electron chi connectivity index (χ1n) is 22.8. The zero-order valence-corrected chi connectivity index (χ0v) is 38.8. The van der Waals surface area contributed by atoms with Crippen molar-refractivity contribution in [3.05, 3.63) is 144 Å². The van der Waals surface area contributed by atoms with Crippen LogP contribution in [0.25, 0.3) is 43.5 Å². The van der Waals surface area contributed by atoms with Gasteiger partial charge in [-0.1, -0.05) is 154 Å². The molecule has 10 rings (SSSR count). The van der Waals surface area contributed by atoms with Crippen molar-refractivity contribution in [2.45, 2.75) is 123 Å². The summed E-state index contributed by atoms with van der Waals surface area (Å²) in [6.45, 7) is 23.9. The molecule has 61 heavy (non-hydrogen) atoms. The summed E-state index contributed by atoms with van der Waals surface area (Å²) >= 11 is 1.99. The van der Waals surface area contributed by atoms with Crippen LogP contribution in [0.2, 0.25) is 0 Å². The van der Waals surface area contributed by atoms with Gasteiger partial charge in [0.1, 0.15) is 0 Å². The smallest absolute Gasteiger partial charge is 0.211 e. The summed E-state index contributed by atoms with van der Waals surface area (Å²) in [4.78, 5) is 2.69. The highest BCUT2D eigenvalue weighted by molar-refractivity contribution is 7.29. The quantitative estimate of drug-likeness (QED) is 0.174. The highest BCUT2D eigenvalue weighted by Gasteiger charge is 2.54. The minimum atomic E-state index is -0.0108. The van der Waals surface area contributed by atoms with Crippen molar-refractivity contribution in [2.24, 2.45) is 0 Å². The number of rotatable bonds is 5. The van der Waals surface area contributed by atoms with E-state index in [0.717, 1.165) is 7.28 Å². The van der Waals surface area contributed by atoms with E-state index in [2.05, 4.69) is 201 Å². The third-order valence-electron chi connectivity index (χ3n) is 14.9. The van der Waals surface area contributed by atoms with Crippen LogP contribution in [0.3, 0.4) is 0 Å². The van der Waals surface area contributed by atoms with Crippen LogP contribution < -0.4 is 20.5 Å². The number of thiophene rings is 1. The van der Waals surface area contributed by atoms with Crippen LogP contribution in [-0.4, -0.2) is 12.8 Å². The van der Waals surface area contributed by atoms with Gasteiger partial charge in [0.2, 0.25) is 7.28 Å². The number of hydrogen-bond acceptors (Lipinski definition) is 3. The van der Waals surface area contributed by atoms with Crippen molar-refractivity contribution >= 4 is 61.7 Å². The molecule has 1 aromatic heterocycles. The van der Waals surface area contributed by atoms with Crippen LogP contribution in [0, 0.1) is 0 Å². The molecule has 7 aromatic rings. The van der Waals surface area contributed by atoms with Crippen LogP contribution in [0.5, 0.6) is 0 Å². The van der Waals surface area contributed by atoms with Crippen molar-refractivity contribution in [3.63, 3.8) is 0 Å². The predicted octanol–water partition coefficient (Wildman–Crippen LogP) is 14.8. The first-order valence-corrected chi connectivity index (χ1v) is 23.6. The van der Waals surface area contributed by atoms with Gasteiger partial charge in [0, 0.05) is 43.5 Å². The Bertz CT molecular complexity index is 2840. The van der Waals surface area contributed by atoms with E-state index in [-0.39, 0.29) is 21.8 Å². The van der Waals surface area contributed by atoms with Gasteiger partial charge in [-0.3, -0.25) is 0 Å². The second-order valence-electron chi connectivity index (χ2n) is 21.2. The van der Waals surface area contributed by atoms with Gasteiger partial charge < -0.3 is 10.2 Å². The summed E-state index contributed by atoms with van der Waals surface area (Å²) in [5.41, 5.74) is 20.0. The summed E-state index contributed by atoms with van der Waals surface area (Å²) in [5.74, 6) is 0.434. The first kappa shape index (κ1) is 40.0. The minimum Gasteiger partial charge on any atom is -0.378 e. The molecule has 1 N–H and O–H groups in total. The number of fused-ring (bicyclic) bond motifs is 7. The highest BCUT2D eigenvalue weighted by Crippen LogP contribution is 2.58. The van der Waals surface area contributed by atoms with Crippen LogP contribution in [-0.2, 0) is 16.2 Å². The molecule has 2 nitrogen and oxygen atoms in total. The van der Waals surface area contributed by atoms with E-state index in [1.807, 2.05) is 11.3 Å². The van der Waals surface area contributed by atoms with E-state index in [9.17, 15) is 0 Å². The van der Waals surface area contributed by atoms with Crippen molar-refractivity contribution in [1.82, 2.24) is 0 Å². The van der Waals surface area contributed by atoms with E-state index in [1.54, 1.807) is 0 Å². The molecular formula is C57H61BN2S. The molecule has 1 aliphatic carbocycles. The Morgan fingerprint density at radius 3 is 2.00 bits per heavy atom. The summed E-state index contributed by atoms with van der Waals surface area (Å²) in [5, 5.41) is 5.66. The van der Waals surface area contributed by atoms with Crippen molar-refractivity contribution < 1.29 is 0 Å². The van der Waals surface area contributed by atoms with E-state index >= 15 is 0 Å². The van der Waals surface area contributed by atoms with Gasteiger partial charge in [0.15, 0.2) is 0 Å². The molecule has 2 atom stereocenters. The van der Waals surface area contributed by atoms with Gasteiger partial charge in [0.25, 0.3) is 0 Å². The predicted molar refractivity (Wildman–Crippen MR) is 269 cm³/mol. The lowest BCUT2D eigenvalue weighted by Gasteiger charge is -2.45. The maximum Gasteiger partial charge on any atom is 0.211 e. The highest BCUT2D eigenvalue weighted by atomic mass is 32.1. The number of nitrogens with one attached hydrogen (secondary N) is 1. The Balaban J connectivity index is 1.34. The molecular weight excluding hydrogens is 756 g/mol. The van der Waals surface area contributed by atoms with Gasteiger partial charge in [-0.05, 0) is 134 Å². The standard InChI is InChI=1S/C57H61BN2S/c1-35(2)38-23-26-49-45(29-38)52-53(61-49)58-50-43(44-33-41(55(6,7)8)34-46-51(44)59-57(10)28-18-17-27-56(46,57)9)30-39(36-19-13-11-14-20-36)31-48(50)60(52)47-25-24-40(54(3,4)5)32-42(47)37-21-15-12-16-22-37/h11-16,19-26,29-35,58-59H,17-18,27-28H2,1-10H3. The molecule has 2 aliphatic heterocycles. The molecule has 0 radical (unpaired) electrons. The first-order chi connectivity index (χ1) is 29.0. The van der Waals surface area contributed by atoms with E-state index in [4.69, 9.17) is 0 Å². The van der Waals surface area contributed by atoms with E-state index < -0.39 is 0 Å². The minimum absolute atomic E-state index is 0.00216. The Kier molecular flexibility index (Phi) is 9.35. The maximum absolute atomic E-state index is 4.31. The fraction of sp³-hybridized carbons (Fsp3) is 0.333. The van der Waals surface area contributed by atoms with Crippen LogP contribution in [0.1, 0.15) is 123 Å². The van der Waals surface area contributed by atoms with E-state index in [0.29, 0.717) is 5.92 Å². The average Bonchev–Trinajstić information content (AvgIpc) is 3.72. The number of anilines is 4. The lowest BCUT2D eigenvalue weighted by Crippen LogP contribution is -2.50. The molecule has 3 heterocycles. The Labute approximate surface area is 369 Å². The summed E-state index contributed by atoms with van der Waals surface area (Å²) in [6, 6.07) is 46.9. The van der Waals surface area contributed by atoms with Crippen molar-refractivity contribution in [2.75, 3.05) is 10.2 Å². The molecule has 0 bridgehead atoms. The largest absolute Gasteiger partial charge is 0.378 e. The third-order valence-corrected chi connectivity index (χ3v) is 16.0. The molecule has 308 valence electrons. The summed E-state index contributed by atoms with van der Waals surface area (Å²) in [7, 11) is 0.881. The SMILES string of the molecule is CC(C)c1ccc2sc3c(c2c1)N(c1ccc(C(C)(C)C)cc1-c1ccccc1)c1cc(-c2ccccc2)cc(-c2cc(C(C)(C)C)cc4c2NC2(C)CCCCC42C)c1B3. The molecule has 0 amide bonds. The number of hydrogen-bond donors (Lipinski definition) is 1. The van der Waals surface area contributed by atoms with E-state index in [1.165, 1.54) is 124 Å². The monoisotopic (exact) mass is 816 g/mol. The zero-order valence-electron chi connectivity index (χ0n) is 38.0. The summed E-state index contributed by atoms with van der Waals surface area (Å²) in [6.07, 6.45) is 4.95. The molecule has 3 aliphatic rings. The van der Waals surface area contributed by atoms with Crippen LogP contribution >= 0.6 is 11.3 Å². The fourth-order valence-electron chi connectivity index (χ4n) is 10.8. The van der Waals surface area contributed by atoms with Gasteiger partial charge >= 0.3 is 0 Å². The van der Waals surface area contributed by atoms with Crippen LogP contribution in [0.15, 0.2) is 121 Å². The molecule has 1 saturated carbocycles. The normalized spacial score (nSPS) is 19.6. The van der Waals surface area contributed by atoms with Crippen LogP contribution in [0.4, 0.5) is 22.7 Å². The number of nitrogens with zero attached hydrogens (tertiary/aromatic N) is 1. The molecule has 6 aromatic carbocycles. The van der Waals surface area contributed by atoms with Gasteiger partial charge in [-0.2, -0.15) is 0 Å². The third kappa shape index (κ3) is 6.50. The van der Waals surface area contributed by atoms with Crippen molar-refractivity contribution in [3.8, 4) is 33.4 Å². The maximum atomic E-state index is 4.31.